The molecule has 2 aromatic rings. The zero-order valence-corrected chi connectivity index (χ0v) is 15.6. The van der Waals surface area contributed by atoms with Crippen LogP contribution in [-0.4, -0.2) is 24.6 Å². The Balaban J connectivity index is 2.52. The van der Waals surface area contributed by atoms with Crippen molar-refractivity contribution in [3.05, 3.63) is 42.5 Å². The normalized spacial score (nSPS) is 12.7. The van der Waals surface area contributed by atoms with Crippen LogP contribution in [0, 0.1) is 0 Å². The number of sulfonamides is 1. The predicted molar refractivity (Wildman–Crippen MR) is 94.9 cm³/mol. The van der Waals surface area contributed by atoms with Gasteiger partial charge in [0.25, 0.3) is 0 Å². The molecule has 114 valence electrons. The summed E-state index contributed by atoms with van der Waals surface area (Å²) in [5, 5.41) is 2.75. The van der Waals surface area contributed by atoms with Crippen LogP contribution in [-0.2, 0) is 10.0 Å². The number of nitrogens with one attached hydrogen (secondary N) is 1. The number of rotatable bonds is 6. The van der Waals surface area contributed by atoms with Gasteiger partial charge in [0.2, 0.25) is 10.0 Å². The van der Waals surface area contributed by atoms with E-state index in [0.29, 0.717) is 22.0 Å². The van der Waals surface area contributed by atoms with Crippen molar-refractivity contribution in [3.63, 3.8) is 0 Å². The topological polar surface area (TPSA) is 46.2 Å². The number of hydrogen-bond donors (Lipinski definition) is 1. The molecule has 0 atom stereocenters. The quantitative estimate of drug-likeness (QED) is 0.696. The van der Waals surface area contributed by atoms with E-state index in [1.807, 2.05) is 37.3 Å². The van der Waals surface area contributed by atoms with Gasteiger partial charge < -0.3 is 0 Å². The Kier molecular flexibility index (Phi) is 5.46. The second-order valence-corrected chi connectivity index (χ2v) is 7.76. The summed E-state index contributed by atoms with van der Waals surface area (Å²) in [6, 6.07) is 12.8. The van der Waals surface area contributed by atoms with Gasteiger partial charge in [0.05, 0.1) is 10.4 Å². The van der Waals surface area contributed by atoms with E-state index >= 15 is 0 Å². The minimum atomic E-state index is -3.59. The molecule has 2 rings (SSSR count). The van der Waals surface area contributed by atoms with Crippen molar-refractivity contribution in [1.29, 1.82) is 0 Å². The Morgan fingerprint density at radius 1 is 1.05 bits per heavy atom. The minimum absolute atomic E-state index is 0.320. The molecule has 0 aliphatic rings. The molecule has 0 radical (unpaired) electrons. The molecule has 0 saturated heterocycles. The highest BCUT2D eigenvalue weighted by Crippen LogP contribution is 2.26. The Morgan fingerprint density at radius 2 is 1.67 bits per heavy atom. The minimum Gasteiger partial charge on any atom is -0.207 e. The van der Waals surface area contributed by atoms with Crippen LogP contribution >= 0.6 is 31.9 Å². The SMILES string of the molecule is CCC(CBr)(CBr)NS(=O)(=O)c1cccc2ccccc12. The largest absolute Gasteiger partial charge is 0.241 e. The molecule has 0 aromatic heterocycles. The van der Waals surface area contributed by atoms with Crippen LogP contribution in [0.4, 0.5) is 0 Å². The van der Waals surface area contributed by atoms with E-state index in [2.05, 4.69) is 36.6 Å². The molecule has 6 heteroatoms. The standard InChI is InChI=1S/C15H17Br2NO2S/c1-2-15(10-16,11-17)18-21(19,20)14-9-5-7-12-6-3-4-8-13(12)14/h3-9,18H,2,10-11H2,1H3. The third-order valence-corrected chi connectivity index (χ3v) is 7.36. The lowest BCUT2D eigenvalue weighted by Gasteiger charge is -2.29. The fourth-order valence-electron chi connectivity index (χ4n) is 2.12. The first-order chi connectivity index (χ1) is 9.98. The molecule has 1 N–H and O–H groups in total. The average Bonchev–Trinajstić information content (AvgIpc) is 2.52. The van der Waals surface area contributed by atoms with E-state index < -0.39 is 15.6 Å². The molecule has 3 nitrogen and oxygen atoms in total. The van der Waals surface area contributed by atoms with Gasteiger partial charge in [-0.05, 0) is 17.9 Å². The maximum absolute atomic E-state index is 12.8. The van der Waals surface area contributed by atoms with Gasteiger partial charge in [0.1, 0.15) is 0 Å². The van der Waals surface area contributed by atoms with Crippen LogP contribution in [0.15, 0.2) is 47.4 Å². The highest BCUT2D eigenvalue weighted by atomic mass is 79.9. The molecule has 0 bridgehead atoms. The van der Waals surface area contributed by atoms with Gasteiger partial charge in [-0.25, -0.2) is 13.1 Å². The summed E-state index contributed by atoms with van der Waals surface area (Å²) in [7, 11) is -3.59. The van der Waals surface area contributed by atoms with Gasteiger partial charge in [-0.1, -0.05) is 75.2 Å². The Hall–Kier alpha value is -0.430. The van der Waals surface area contributed by atoms with Crippen molar-refractivity contribution in [1.82, 2.24) is 4.72 Å². The van der Waals surface area contributed by atoms with Gasteiger partial charge in [-0.15, -0.1) is 0 Å². The Bertz CT molecular complexity index is 714. The van der Waals surface area contributed by atoms with Crippen LogP contribution in [0.2, 0.25) is 0 Å². The summed E-state index contributed by atoms with van der Waals surface area (Å²) < 4.78 is 28.4. The molecule has 0 spiro atoms. The van der Waals surface area contributed by atoms with Crippen LogP contribution in [0.1, 0.15) is 13.3 Å². The first-order valence-corrected chi connectivity index (χ1v) is 10.3. The van der Waals surface area contributed by atoms with E-state index in [9.17, 15) is 8.42 Å². The lowest BCUT2D eigenvalue weighted by atomic mass is 10.0. The highest BCUT2D eigenvalue weighted by Gasteiger charge is 2.32. The van der Waals surface area contributed by atoms with Crippen molar-refractivity contribution in [2.75, 3.05) is 10.7 Å². The van der Waals surface area contributed by atoms with Gasteiger partial charge >= 0.3 is 0 Å². The van der Waals surface area contributed by atoms with Crippen molar-refractivity contribution in [2.45, 2.75) is 23.8 Å². The zero-order valence-electron chi connectivity index (χ0n) is 11.6. The molecule has 0 saturated carbocycles. The Morgan fingerprint density at radius 3 is 2.29 bits per heavy atom. The van der Waals surface area contributed by atoms with Crippen molar-refractivity contribution < 1.29 is 8.42 Å². The first kappa shape index (κ1) is 16.9. The van der Waals surface area contributed by atoms with E-state index in [0.717, 1.165) is 10.8 Å². The summed E-state index contributed by atoms with van der Waals surface area (Å²) >= 11 is 6.82. The third-order valence-electron chi connectivity index (χ3n) is 3.58. The molecule has 0 fully saturated rings. The van der Waals surface area contributed by atoms with Crippen LogP contribution in [0.3, 0.4) is 0 Å². The summed E-state index contributed by atoms with van der Waals surface area (Å²) in [6.45, 7) is 1.97. The first-order valence-electron chi connectivity index (χ1n) is 6.62. The second-order valence-electron chi connectivity index (χ2n) is 4.98. The van der Waals surface area contributed by atoms with Crippen molar-refractivity contribution >= 4 is 52.7 Å². The summed E-state index contributed by atoms with van der Waals surface area (Å²) in [5.74, 6) is 0. The fourth-order valence-corrected chi connectivity index (χ4v) is 6.20. The maximum Gasteiger partial charge on any atom is 0.241 e. The summed E-state index contributed by atoms with van der Waals surface area (Å²) in [4.78, 5) is 0.320. The highest BCUT2D eigenvalue weighted by molar-refractivity contribution is 9.09. The van der Waals surface area contributed by atoms with Gasteiger partial charge in [-0.2, -0.15) is 0 Å². The maximum atomic E-state index is 12.8. The van der Waals surface area contributed by atoms with E-state index in [-0.39, 0.29) is 0 Å². The molecule has 0 aliphatic heterocycles. The second kappa shape index (κ2) is 6.77. The number of benzene rings is 2. The van der Waals surface area contributed by atoms with Crippen LogP contribution in [0.5, 0.6) is 0 Å². The monoisotopic (exact) mass is 433 g/mol. The van der Waals surface area contributed by atoms with Crippen molar-refractivity contribution in [3.8, 4) is 0 Å². The molecular weight excluding hydrogens is 418 g/mol. The molecule has 0 amide bonds. The number of hydrogen-bond acceptors (Lipinski definition) is 2. The molecule has 0 aliphatic carbocycles. The molecule has 2 aromatic carbocycles. The number of halogens is 2. The van der Waals surface area contributed by atoms with E-state index in [4.69, 9.17) is 0 Å². The molecule has 0 heterocycles. The smallest absolute Gasteiger partial charge is 0.207 e. The van der Waals surface area contributed by atoms with Crippen LogP contribution < -0.4 is 4.72 Å². The van der Waals surface area contributed by atoms with Gasteiger partial charge in [-0.3, -0.25) is 0 Å². The van der Waals surface area contributed by atoms with E-state index in [1.54, 1.807) is 12.1 Å². The van der Waals surface area contributed by atoms with Gasteiger partial charge in [0, 0.05) is 16.0 Å². The molecule has 0 unspecified atom stereocenters. The average molecular weight is 435 g/mol. The molecule has 21 heavy (non-hydrogen) atoms. The Labute approximate surface area is 142 Å². The predicted octanol–water partition coefficient (Wildman–Crippen LogP) is 4.06. The fraction of sp³-hybridized carbons (Fsp3) is 0.333. The van der Waals surface area contributed by atoms with Crippen molar-refractivity contribution in [2.24, 2.45) is 0 Å². The summed E-state index contributed by atoms with van der Waals surface area (Å²) in [5.41, 5.74) is -0.532. The number of alkyl halides is 2. The van der Waals surface area contributed by atoms with Crippen LogP contribution in [0.25, 0.3) is 10.8 Å². The zero-order chi connectivity index (χ0) is 15.5. The summed E-state index contributed by atoms with van der Waals surface area (Å²) in [6.07, 6.45) is 0.688. The lowest BCUT2D eigenvalue weighted by Crippen LogP contribution is -2.50. The molecular formula is C15H17Br2NO2S. The van der Waals surface area contributed by atoms with E-state index in [1.165, 1.54) is 0 Å². The third kappa shape index (κ3) is 3.50. The van der Waals surface area contributed by atoms with Gasteiger partial charge in [0.15, 0.2) is 0 Å². The number of fused-ring (bicyclic) bond motifs is 1. The lowest BCUT2D eigenvalue weighted by molar-refractivity contribution is 0.460.